The van der Waals surface area contributed by atoms with E-state index in [0.717, 1.165) is 32.1 Å². The maximum Gasteiger partial charge on any atom is 0.153 e. The van der Waals surface area contributed by atoms with E-state index in [4.69, 9.17) is 5.73 Å². The third-order valence-electron chi connectivity index (χ3n) is 3.95. The number of rotatable bonds is 2. The summed E-state index contributed by atoms with van der Waals surface area (Å²) in [4.78, 5) is 0. The van der Waals surface area contributed by atoms with Crippen molar-refractivity contribution >= 4 is 9.84 Å². The van der Waals surface area contributed by atoms with Gasteiger partial charge < -0.3 is 5.73 Å². The zero-order valence-electron chi connectivity index (χ0n) is 9.24. The van der Waals surface area contributed by atoms with Gasteiger partial charge in [0.15, 0.2) is 9.84 Å². The van der Waals surface area contributed by atoms with E-state index in [1.54, 1.807) is 0 Å². The van der Waals surface area contributed by atoms with Crippen LogP contribution in [0.15, 0.2) is 0 Å². The Morgan fingerprint density at radius 3 is 2.40 bits per heavy atom. The van der Waals surface area contributed by atoms with Crippen LogP contribution in [0.5, 0.6) is 0 Å². The lowest BCUT2D eigenvalue weighted by atomic mass is 9.91. The molecule has 2 rings (SSSR count). The summed E-state index contributed by atoms with van der Waals surface area (Å²) in [6.07, 6.45) is 7.80. The molecule has 1 aliphatic heterocycles. The van der Waals surface area contributed by atoms with Crippen molar-refractivity contribution in [3.05, 3.63) is 0 Å². The molecule has 1 saturated heterocycles. The fourth-order valence-electron chi connectivity index (χ4n) is 2.99. The summed E-state index contributed by atoms with van der Waals surface area (Å²) in [6, 6.07) is 0. The second-order valence-corrected chi connectivity index (χ2v) is 7.66. The SMILES string of the molecule is NC1(CC2CCCCS2(=O)=O)CCCC1. The predicted molar refractivity (Wildman–Crippen MR) is 61.4 cm³/mol. The molecule has 0 radical (unpaired) electrons. The first-order valence-electron chi connectivity index (χ1n) is 6.02. The van der Waals surface area contributed by atoms with Gasteiger partial charge in [-0.3, -0.25) is 0 Å². The van der Waals surface area contributed by atoms with Crippen molar-refractivity contribution in [1.29, 1.82) is 0 Å². The second kappa shape index (κ2) is 4.06. The molecule has 0 aromatic carbocycles. The number of hydrogen-bond acceptors (Lipinski definition) is 3. The molecule has 4 heteroatoms. The predicted octanol–water partition coefficient (Wildman–Crippen LogP) is 1.62. The smallest absolute Gasteiger partial charge is 0.153 e. The van der Waals surface area contributed by atoms with E-state index in [9.17, 15) is 8.42 Å². The van der Waals surface area contributed by atoms with Crippen LogP contribution in [0.4, 0.5) is 0 Å². The van der Waals surface area contributed by atoms with Crippen LogP contribution in [0.1, 0.15) is 51.4 Å². The number of hydrogen-bond donors (Lipinski definition) is 1. The Bertz CT molecular complexity index is 317. The fourth-order valence-corrected chi connectivity index (χ4v) is 5.04. The average Bonchev–Trinajstić information content (AvgIpc) is 2.56. The Hall–Kier alpha value is -0.0900. The van der Waals surface area contributed by atoms with Crippen molar-refractivity contribution in [2.24, 2.45) is 5.73 Å². The summed E-state index contributed by atoms with van der Waals surface area (Å²) in [7, 11) is -2.83. The normalized spacial score (nSPS) is 34.1. The minimum absolute atomic E-state index is 0.144. The van der Waals surface area contributed by atoms with Crippen LogP contribution in [-0.2, 0) is 9.84 Å². The Labute approximate surface area is 92.3 Å². The molecule has 1 aliphatic carbocycles. The third kappa shape index (κ3) is 2.53. The molecule has 88 valence electrons. The van der Waals surface area contributed by atoms with Gasteiger partial charge in [-0.2, -0.15) is 0 Å². The van der Waals surface area contributed by atoms with Crippen LogP contribution in [0, 0.1) is 0 Å². The van der Waals surface area contributed by atoms with Crippen LogP contribution >= 0.6 is 0 Å². The lowest BCUT2D eigenvalue weighted by Gasteiger charge is -2.31. The standard InChI is InChI=1S/C11H21NO2S/c12-11(6-2-3-7-11)9-10-5-1-4-8-15(10,13)14/h10H,1-9,12H2. The highest BCUT2D eigenvalue weighted by molar-refractivity contribution is 7.92. The summed E-state index contributed by atoms with van der Waals surface area (Å²) in [5, 5.41) is -0.144. The van der Waals surface area contributed by atoms with Gasteiger partial charge >= 0.3 is 0 Å². The van der Waals surface area contributed by atoms with Crippen molar-refractivity contribution in [2.45, 2.75) is 62.2 Å². The molecular weight excluding hydrogens is 210 g/mol. The van der Waals surface area contributed by atoms with Crippen molar-refractivity contribution in [3.63, 3.8) is 0 Å². The minimum Gasteiger partial charge on any atom is -0.325 e. The molecule has 0 aromatic heterocycles. The van der Waals surface area contributed by atoms with Gasteiger partial charge in [0, 0.05) is 5.54 Å². The molecule has 0 bridgehead atoms. The van der Waals surface area contributed by atoms with Crippen LogP contribution in [0.25, 0.3) is 0 Å². The molecule has 2 aliphatic rings. The topological polar surface area (TPSA) is 60.2 Å². The lowest BCUT2D eigenvalue weighted by Crippen LogP contribution is -2.43. The van der Waals surface area contributed by atoms with Gasteiger partial charge in [0.1, 0.15) is 0 Å². The molecule has 0 aromatic rings. The van der Waals surface area contributed by atoms with Crippen molar-refractivity contribution < 1.29 is 8.42 Å². The van der Waals surface area contributed by atoms with E-state index >= 15 is 0 Å². The number of nitrogens with two attached hydrogens (primary N) is 1. The van der Waals surface area contributed by atoms with Gasteiger partial charge in [-0.15, -0.1) is 0 Å². The first-order valence-corrected chi connectivity index (χ1v) is 7.74. The van der Waals surface area contributed by atoms with Gasteiger partial charge in [0.2, 0.25) is 0 Å². The van der Waals surface area contributed by atoms with Gasteiger partial charge in [-0.1, -0.05) is 19.3 Å². The van der Waals surface area contributed by atoms with E-state index in [0.29, 0.717) is 12.2 Å². The van der Waals surface area contributed by atoms with E-state index in [1.165, 1.54) is 12.8 Å². The van der Waals surface area contributed by atoms with E-state index in [-0.39, 0.29) is 10.8 Å². The van der Waals surface area contributed by atoms with Crippen molar-refractivity contribution in [3.8, 4) is 0 Å². The Morgan fingerprint density at radius 1 is 1.13 bits per heavy atom. The summed E-state index contributed by atoms with van der Waals surface area (Å²) >= 11 is 0. The zero-order valence-corrected chi connectivity index (χ0v) is 10.1. The summed E-state index contributed by atoms with van der Waals surface area (Å²) < 4.78 is 23.7. The quantitative estimate of drug-likeness (QED) is 0.785. The minimum atomic E-state index is -2.83. The Balaban J connectivity index is 2.04. The molecule has 3 nitrogen and oxygen atoms in total. The highest BCUT2D eigenvalue weighted by atomic mass is 32.2. The average molecular weight is 231 g/mol. The van der Waals surface area contributed by atoms with Gasteiger partial charge in [0.25, 0.3) is 0 Å². The number of sulfone groups is 1. The lowest BCUT2D eigenvalue weighted by molar-refractivity contribution is 0.377. The van der Waals surface area contributed by atoms with Crippen molar-refractivity contribution in [2.75, 3.05) is 5.75 Å². The third-order valence-corrected chi connectivity index (χ3v) is 6.22. The molecule has 0 spiro atoms. The van der Waals surface area contributed by atoms with E-state index in [2.05, 4.69) is 0 Å². The highest BCUT2D eigenvalue weighted by Gasteiger charge is 2.38. The first-order chi connectivity index (χ1) is 7.02. The van der Waals surface area contributed by atoms with Crippen LogP contribution in [0.2, 0.25) is 0 Å². The molecule has 2 N–H and O–H groups in total. The summed E-state index contributed by atoms with van der Waals surface area (Å²) in [6.45, 7) is 0. The molecule has 1 atom stereocenters. The van der Waals surface area contributed by atoms with Crippen molar-refractivity contribution in [1.82, 2.24) is 0 Å². The maximum atomic E-state index is 11.9. The maximum absolute atomic E-state index is 11.9. The zero-order chi connectivity index (χ0) is 10.9. The fraction of sp³-hybridized carbons (Fsp3) is 1.00. The molecule has 2 fully saturated rings. The molecule has 1 unspecified atom stereocenters. The van der Waals surface area contributed by atoms with E-state index in [1.807, 2.05) is 0 Å². The first kappa shape index (κ1) is 11.4. The van der Waals surface area contributed by atoms with Gasteiger partial charge in [0.05, 0.1) is 11.0 Å². The largest absolute Gasteiger partial charge is 0.325 e. The molecular formula is C11H21NO2S. The Morgan fingerprint density at radius 2 is 1.80 bits per heavy atom. The second-order valence-electron chi connectivity index (χ2n) is 5.26. The van der Waals surface area contributed by atoms with Gasteiger partial charge in [-0.25, -0.2) is 8.42 Å². The molecule has 1 saturated carbocycles. The Kier molecular flexibility index (Phi) is 3.08. The van der Waals surface area contributed by atoms with E-state index < -0.39 is 9.84 Å². The monoisotopic (exact) mass is 231 g/mol. The van der Waals surface area contributed by atoms with Crippen LogP contribution in [0.3, 0.4) is 0 Å². The summed E-state index contributed by atoms with van der Waals surface area (Å²) in [5.41, 5.74) is 6.08. The van der Waals surface area contributed by atoms with Crippen LogP contribution < -0.4 is 5.73 Å². The molecule has 15 heavy (non-hydrogen) atoms. The summed E-state index contributed by atoms with van der Waals surface area (Å²) in [5.74, 6) is 0.383. The molecule has 1 heterocycles. The van der Waals surface area contributed by atoms with Crippen LogP contribution in [-0.4, -0.2) is 25.0 Å². The highest BCUT2D eigenvalue weighted by Crippen LogP contribution is 2.35. The van der Waals surface area contributed by atoms with Gasteiger partial charge in [-0.05, 0) is 32.1 Å². The molecule has 0 amide bonds.